The molecule has 0 aliphatic rings. The van der Waals surface area contributed by atoms with Gasteiger partial charge in [-0.15, -0.1) is 0 Å². The van der Waals surface area contributed by atoms with Crippen LogP contribution in [0.15, 0.2) is 28.9 Å². The predicted octanol–water partition coefficient (Wildman–Crippen LogP) is 1.86. The zero-order valence-corrected chi connectivity index (χ0v) is 10.5. The number of nitrogens with two attached hydrogens (primary N) is 1. The third-order valence-corrected chi connectivity index (χ3v) is 2.59. The molecule has 0 aliphatic carbocycles. The minimum absolute atomic E-state index is 0.526. The van der Waals surface area contributed by atoms with Crippen LogP contribution >= 0.6 is 0 Å². The van der Waals surface area contributed by atoms with Crippen LogP contribution in [0.4, 0.5) is 0 Å². The molecule has 0 radical (unpaired) electrons. The van der Waals surface area contributed by atoms with Gasteiger partial charge in [-0.25, -0.2) is 4.98 Å². The minimum Gasteiger partial charge on any atom is -0.497 e. The van der Waals surface area contributed by atoms with Crippen LogP contribution in [-0.2, 0) is 6.42 Å². The molecule has 0 bridgehead atoms. The topological polar surface area (TPSA) is 70.5 Å². The highest BCUT2D eigenvalue weighted by Gasteiger charge is 2.12. The van der Waals surface area contributed by atoms with Crippen LogP contribution in [0.2, 0.25) is 0 Å². The van der Waals surface area contributed by atoms with Gasteiger partial charge >= 0.3 is 0 Å². The summed E-state index contributed by atoms with van der Waals surface area (Å²) in [7, 11) is 3.21. The number of aromatic nitrogens is 1. The maximum Gasteiger partial charge on any atom is 0.229 e. The minimum atomic E-state index is 0.526. The summed E-state index contributed by atoms with van der Waals surface area (Å²) in [5, 5.41) is 0. The van der Waals surface area contributed by atoms with E-state index in [0.717, 1.165) is 17.0 Å². The van der Waals surface area contributed by atoms with Crippen molar-refractivity contribution in [3.8, 4) is 23.0 Å². The Kier molecular flexibility index (Phi) is 3.84. The molecule has 5 heteroatoms. The summed E-state index contributed by atoms with van der Waals surface area (Å²) in [6.45, 7) is 0.547. The van der Waals surface area contributed by atoms with Crippen molar-refractivity contribution in [1.29, 1.82) is 0 Å². The molecule has 96 valence electrons. The van der Waals surface area contributed by atoms with E-state index in [0.29, 0.717) is 24.6 Å². The number of hydrogen-bond acceptors (Lipinski definition) is 5. The van der Waals surface area contributed by atoms with Crippen molar-refractivity contribution < 1.29 is 13.9 Å². The largest absolute Gasteiger partial charge is 0.497 e. The number of methoxy groups -OCH3 is 2. The Labute approximate surface area is 106 Å². The van der Waals surface area contributed by atoms with Crippen LogP contribution in [0.1, 0.15) is 5.69 Å². The summed E-state index contributed by atoms with van der Waals surface area (Å²) < 4.78 is 15.9. The van der Waals surface area contributed by atoms with Crippen LogP contribution in [0.25, 0.3) is 11.5 Å². The summed E-state index contributed by atoms with van der Waals surface area (Å²) >= 11 is 0. The standard InChI is InChI=1S/C13H16N2O3/c1-16-10-3-4-11(12(7-10)17-2)13-15-9(5-6-14)8-18-13/h3-4,7-8H,5-6,14H2,1-2H3. The van der Waals surface area contributed by atoms with E-state index in [1.54, 1.807) is 26.5 Å². The number of ether oxygens (including phenoxy) is 2. The van der Waals surface area contributed by atoms with Crippen molar-refractivity contribution in [3.63, 3.8) is 0 Å². The fourth-order valence-corrected chi connectivity index (χ4v) is 1.67. The predicted molar refractivity (Wildman–Crippen MR) is 67.8 cm³/mol. The second-order valence-electron chi connectivity index (χ2n) is 3.75. The van der Waals surface area contributed by atoms with E-state index >= 15 is 0 Å². The van der Waals surface area contributed by atoms with E-state index in [-0.39, 0.29) is 0 Å². The van der Waals surface area contributed by atoms with Gasteiger partial charge in [0, 0.05) is 12.5 Å². The van der Waals surface area contributed by atoms with Crippen molar-refractivity contribution >= 4 is 0 Å². The Morgan fingerprint density at radius 2 is 2.11 bits per heavy atom. The lowest BCUT2D eigenvalue weighted by atomic mass is 10.2. The molecule has 2 N–H and O–H groups in total. The van der Waals surface area contributed by atoms with Gasteiger partial charge in [0.05, 0.1) is 25.5 Å². The molecule has 2 aromatic rings. The smallest absolute Gasteiger partial charge is 0.229 e. The Bertz CT molecular complexity index is 523. The van der Waals surface area contributed by atoms with Crippen LogP contribution in [0.5, 0.6) is 11.5 Å². The summed E-state index contributed by atoms with van der Waals surface area (Å²) in [6, 6.07) is 5.49. The van der Waals surface area contributed by atoms with Gasteiger partial charge in [-0.05, 0) is 18.7 Å². The van der Waals surface area contributed by atoms with Crippen molar-refractivity contribution in [3.05, 3.63) is 30.2 Å². The highest BCUT2D eigenvalue weighted by Crippen LogP contribution is 2.32. The Morgan fingerprint density at radius 1 is 1.28 bits per heavy atom. The van der Waals surface area contributed by atoms with Gasteiger partial charge in [0.15, 0.2) is 0 Å². The first-order valence-electron chi connectivity index (χ1n) is 5.65. The number of oxazole rings is 1. The van der Waals surface area contributed by atoms with Gasteiger partial charge in [0.25, 0.3) is 0 Å². The van der Waals surface area contributed by atoms with Crippen LogP contribution < -0.4 is 15.2 Å². The molecule has 0 saturated heterocycles. The van der Waals surface area contributed by atoms with Crippen LogP contribution in [-0.4, -0.2) is 25.7 Å². The number of hydrogen-bond donors (Lipinski definition) is 1. The van der Waals surface area contributed by atoms with E-state index < -0.39 is 0 Å². The second-order valence-corrected chi connectivity index (χ2v) is 3.75. The van der Waals surface area contributed by atoms with Crippen LogP contribution in [0.3, 0.4) is 0 Å². The maximum absolute atomic E-state index is 5.48. The zero-order chi connectivity index (χ0) is 13.0. The summed E-state index contributed by atoms with van der Waals surface area (Å²) in [4.78, 5) is 4.37. The third-order valence-electron chi connectivity index (χ3n) is 2.59. The highest BCUT2D eigenvalue weighted by molar-refractivity contribution is 5.64. The average molecular weight is 248 g/mol. The molecule has 2 rings (SSSR count). The van der Waals surface area contributed by atoms with Gasteiger partial charge in [-0.2, -0.15) is 0 Å². The molecule has 0 unspecified atom stereocenters. The Hall–Kier alpha value is -2.01. The highest BCUT2D eigenvalue weighted by atomic mass is 16.5. The molecule has 0 amide bonds. The van der Waals surface area contributed by atoms with Gasteiger partial charge < -0.3 is 19.6 Å². The van der Waals surface area contributed by atoms with Crippen molar-refractivity contribution in [2.24, 2.45) is 5.73 Å². The van der Waals surface area contributed by atoms with Crippen LogP contribution in [0, 0.1) is 0 Å². The molecule has 0 atom stereocenters. The fraction of sp³-hybridized carbons (Fsp3) is 0.308. The lowest BCUT2D eigenvalue weighted by Crippen LogP contribution is -2.02. The maximum atomic E-state index is 5.48. The molecule has 1 heterocycles. The normalized spacial score (nSPS) is 10.4. The van der Waals surface area contributed by atoms with E-state index in [1.165, 1.54) is 0 Å². The van der Waals surface area contributed by atoms with Crippen molar-refractivity contribution in [2.75, 3.05) is 20.8 Å². The first-order chi connectivity index (χ1) is 8.78. The monoisotopic (exact) mass is 248 g/mol. The lowest BCUT2D eigenvalue weighted by Gasteiger charge is -2.07. The molecule has 0 saturated carbocycles. The Morgan fingerprint density at radius 3 is 2.78 bits per heavy atom. The van der Waals surface area contributed by atoms with Crippen molar-refractivity contribution in [2.45, 2.75) is 6.42 Å². The lowest BCUT2D eigenvalue weighted by molar-refractivity contribution is 0.394. The van der Waals surface area contributed by atoms with Gasteiger partial charge in [-0.1, -0.05) is 0 Å². The fourth-order valence-electron chi connectivity index (χ4n) is 1.67. The van der Waals surface area contributed by atoms with E-state index in [1.807, 2.05) is 12.1 Å². The average Bonchev–Trinajstić information content (AvgIpc) is 2.87. The summed E-state index contributed by atoms with van der Waals surface area (Å²) in [5.41, 5.74) is 7.11. The molecular weight excluding hydrogens is 232 g/mol. The summed E-state index contributed by atoms with van der Waals surface area (Å²) in [6.07, 6.45) is 2.31. The SMILES string of the molecule is COc1ccc(-c2nc(CCN)co2)c(OC)c1. The number of rotatable bonds is 5. The molecule has 0 spiro atoms. The quantitative estimate of drug-likeness (QED) is 0.874. The number of benzene rings is 1. The second kappa shape index (κ2) is 5.55. The molecule has 0 fully saturated rings. The summed E-state index contributed by atoms with van der Waals surface area (Å²) in [5.74, 6) is 1.91. The first-order valence-corrected chi connectivity index (χ1v) is 5.65. The van der Waals surface area contributed by atoms with E-state index in [4.69, 9.17) is 19.6 Å². The zero-order valence-electron chi connectivity index (χ0n) is 10.5. The van der Waals surface area contributed by atoms with Gasteiger partial charge in [0.2, 0.25) is 5.89 Å². The van der Waals surface area contributed by atoms with E-state index in [9.17, 15) is 0 Å². The molecule has 1 aromatic heterocycles. The van der Waals surface area contributed by atoms with Crippen molar-refractivity contribution in [1.82, 2.24) is 4.98 Å². The number of nitrogens with zero attached hydrogens (tertiary/aromatic N) is 1. The molecule has 5 nitrogen and oxygen atoms in total. The Balaban J connectivity index is 2.36. The molecule has 1 aromatic carbocycles. The third kappa shape index (κ3) is 2.46. The molecular formula is C13H16N2O3. The first kappa shape index (κ1) is 12.4. The molecule has 0 aliphatic heterocycles. The van der Waals surface area contributed by atoms with E-state index in [2.05, 4.69) is 4.98 Å². The molecule has 18 heavy (non-hydrogen) atoms. The van der Waals surface area contributed by atoms with Gasteiger partial charge in [0.1, 0.15) is 17.8 Å². The van der Waals surface area contributed by atoms with Gasteiger partial charge in [-0.3, -0.25) is 0 Å².